The number of carbonyl (C=O) groups is 1. The van der Waals surface area contributed by atoms with Crippen LogP contribution < -0.4 is 5.53 Å². The SMILES string of the molecule is CCCCCN1C=CN=NN1.O=C1CCCO1. The van der Waals surface area contributed by atoms with Gasteiger partial charge in [-0.2, -0.15) is 5.53 Å². The van der Waals surface area contributed by atoms with E-state index in [1.54, 1.807) is 6.20 Å². The molecule has 2 aliphatic rings. The monoisotopic (exact) mass is 240 g/mol. The molecule has 2 aliphatic heterocycles. The summed E-state index contributed by atoms with van der Waals surface area (Å²) in [7, 11) is 0. The molecule has 0 aromatic rings. The van der Waals surface area contributed by atoms with Gasteiger partial charge >= 0.3 is 5.97 Å². The maximum atomic E-state index is 10.0. The van der Waals surface area contributed by atoms with Gasteiger partial charge in [-0.1, -0.05) is 25.0 Å². The first-order valence-electron chi connectivity index (χ1n) is 6.07. The quantitative estimate of drug-likeness (QED) is 0.604. The number of rotatable bonds is 4. The van der Waals surface area contributed by atoms with E-state index in [1.807, 2.05) is 11.2 Å². The molecule has 0 radical (unpaired) electrons. The van der Waals surface area contributed by atoms with E-state index in [-0.39, 0.29) is 5.97 Å². The molecule has 2 heterocycles. The van der Waals surface area contributed by atoms with Crippen molar-refractivity contribution < 1.29 is 9.53 Å². The second-order valence-corrected chi connectivity index (χ2v) is 3.84. The van der Waals surface area contributed by atoms with E-state index >= 15 is 0 Å². The van der Waals surface area contributed by atoms with Crippen molar-refractivity contribution in [3.8, 4) is 0 Å². The Morgan fingerprint density at radius 3 is 2.88 bits per heavy atom. The molecule has 0 bridgehead atoms. The van der Waals surface area contributed by atoms with Gasteiger partial charge in [0.05, 0.1) is 12.8 Å². The molecule has 0 unspecified atom stereocenters. The Kier molecular flexibility index (Phi) is 6.78. The minimum atomic E-state index is -0.0463. The molecule has 96 valence electrons. The number of ether oxygens (including phenoxy) is 1. The van der Waals surface area contributed by atoms with Gasteiger partial charge in [-0.3, -0.25) is 9.80 Å². The van der Waals surface area contributed by atoms with Crippen molar-refractivity contribution in [1.29, 1.82) is 0 Å². The molecular weight excluding hydrogens is 220 g/mol. The average Bonchev–Trinajstić information content (AvgIpc) is 2.83. The first-order chi connectivity index (χ1) is 8.33. The number of hydrazine groups is 1. The molecule has 6 heteroatoms. The van der Waals surface area contributed by atoms with Crippen LogP contribution in [0.3, 0.4) is 0 Å². The van der Waals surface area contributed by atoms with Crippen LogP contribution in [0.1, 0.15) is 39.0 Å². The highest BCUT2D eigenvalue weighted by Crippen LogP contribution is 2.01. The lowest BCUT2D eigenvalue weighted by atomic mass is 10.2. The van der Waals surface area contributed by atoms with Crippen molar-refractivity contribution in [2.45, 2.75) is 39.0 Å². The van der Waals surface area contributed by atoms with Crippen LogP contribution in [0.25, 0.3) is 0 Å². The summed E-state index contributed by atoms with van der Waals surface area (Å²) in [5.74, 6) is -0.0463. The average molecular weight is 240 g/mol. The van der Waals surface area contributed by atoms with E-state index in [1.165, 1.54) is 19.3 Å². The normalized spacial score (nSPS) is 17.2. The van der Waals surface area contributed by atoms with Crippen LogP contribution in [-0.4, -0.2) is 24.1 Å². The van der Waals surface area contributed by atoms with Crippen LogP contribution in [0, 0.1) is 0 Å². The van der Waals surface area contributed by atoms with Gasteiger partial charge in [-0.05, 0) is 12.8 Å². The van der Waals surface area contributed by atoms with E-state index in [0.29, 0.717) is 13.0 Å². The lowest BCUT2D eigenvalue weighted by molar-refractivity contribution is -0.137. The fourth-order valence-electron chi connectivity index (χ4n) is 1.39. The number of unbranched alkanes of at least 4 members (excludes halogenated alkanes) is 2. The third-order valence-corrected chi connectivity index (χ3v) is 2.34. The molecule has 0 amide bonds. The largest absolute Gasteiger partial charge is 0.466 e. The highest BCUT2D eigenvalue weighted by atomic mass is 16.5. The van der Waals surface area contributed by atoms with Crippen molar-refractivity contribution in [3.63, 3.8) is 0 Å². The summed E-state index contributed by atoms with van der Waals surface area (Å²) >= 11 is 0. The van der Waals surface area contributed by atoms with Gasteiger partial charge in [0.1, 0.15) is 0 Å². The highest BCUT2D eigenvalue weighted by Gasteiger charge is 2.08. The first-order valence-corrected chi connectivity index (χ1v) is 6.07. The van der Waals surface area contributed by atoms with Gasteiger partial charge < -0.3 is 4.74 Å². The number of nitrogens with one attached hydrogen (secondary N) is 1. The van der Waals surface area contributed by atoms with E-state index < -0.39 is 0 Å². The van der Waals surface area contributed by atoms with Crippen LogP contribution in [0.15, 0.2) is 22.7 Å². The lowest BCUT2D eigenvalue weighted by Gasteiger charge is -2.19. The number of carbonyl (C=O) groups excluding carboxylic acids is 1. The molecule has 0 spiro atoms. The maximum Gasteiger partial charge on any atom is 0.305 e. The summed E-state index contributed by atoms with van der Waals surface area (Å²) in [6.45, 7) is 3.83. The lowest BCUT2D eigenvalue weighted by Crippen LogP contribution is -2.30. The molecule has 2 rings (SSSR count). The summed E-state index contributed by atoms with van der Waals surface area (Å²) in [5, 5.41) is 9.23. The number of nitrogens with zero attached hydrogens (tertiary/aromatic N) is 3. The molecule has 6 nitrogen and oxygen atoms in total. The van der Waals surface area contributed by atoms with Crippen LogP contribution >= 0.6 is 0 Å². The van der Waals surface area contributed by atoms with Crippen molar-refractivity contribution >= 4 is 5.97 Å². The van der Waals surface area contributed by atoms with E-state index in [9.17, 15) is 4.79 Å². The summed E-state index contributed by atoms with van der Waals surface area (Å²) in [4.78, 5) is 10.0. The molecule has 1 fully saturated rings. The second kappa shape index (κ2) is 8.55. The zero-order valence-electron chi connectivity index (χ0n) is 10.3. The van der Waals surface area contributed by atoms with Gasteiger partial charge in [0.25, 0.3) is 0 Å². The van der Waals surface area contributed by atoms with Gasteiger partial charge in [0.15, 0.2) is 0 Å². The van der Waals surface area contributed by atoms with Gasteiger partial charge in [0.2, 0.25) is 0 Å². The first kappa shape index (κ1) is 13.5. The fourth-order valence-corrected chi connectivity index (χ4v) is 1.39. The van der Waals surface area contributed by atoms with E-state index in [2.05, 4.69) is 27.5 Å². The Balaban J connectivity index is 0.000000202. The van der Waals surface area contributed by atoms with Crippen LogP contribution in [-0.2, 0) is 9.53 Å². The molecule has 1 N–H and O–H groups in total. The van der Waals surface area contributed by atoms with Crippen molar-refractivity contribution in [3.05, 3.63) is 12.4 Å². The second-order valence-electron chi connectivity index (χ2n) is 3.84. The summed E-state index contributed by atoms with van der Waals surface area (Å²) in [5.41, 5.74) is 2.78. The Bertz CT molecular complexity index is 271. The van der Waals surface area contributed by atoms with Crippen LogP contribution in [0.2, 0.25) is 0 Å². The van der Waals surface area contributed by atoms with Crippen molar-refractivity contribution in [2.75, 3.05) is 13.2 Å². The molecule has 0 aromatic heterocycles. The third-order valence-electron chi connectivity index (χ3n) is 2.34. The minimum absolute atomic E-state index is 0.0463. The summed E-state index contributed by atoms with van der Waals surface area (Å²) in [6, 6.07) is 0. The van der Waals surface area contributed by atoms with E-state index in [4.69, 9.17) is 0 Å². The van der Waals surface area contributed by atoms with Gasteiger partial charge in [0, 0.05) is 19.2 Å². The maximum absolute atomic E-state index is 10.0. The topological polar surface area (TPSA) is 66.3 Å². The number of esters is 1. The Hall–Kier alpha value is -1.59. The minimum Gasteiger partial charge on any atom is -0.466 e. The molecular formula is C11H20N4O2. The van der Waals surface area contributed by atoms with Gasteiger partial charge in [-0.15, -0.1) is 5.11 Å². The molecule has 0 saturated carbocycles. The summed E-state index contributed by atoms with van der Waals surface area (Å²) < 4.78 is 4.51. The molecule has 1 saturated heterocycles. The Morgan fingerprint density at radius 1 is 1.53 bits per heavy atom. The standard InChI is InChI=1S/C7H14N4.C4H6O2/c1-2-3-4-6-11-7-5-8-9-10-11;5-4-2-1-3-6-4/h5,7H,2-4,6H2,1H3,(H,8,10);1-3H2. The Morgan fingerprint density at radius 2 is 2.41 bits per heavy atom. The highest BCUT2D eigenvalue weighted by molar-refractivity contribution is 5.70. The molecule has 0 aliphatic carbocycles. The fraction of sp³-hybridized carbons (Fsp3) is 0.727. The number of cyclic esters (lactones) is 1. The number of hydrogen-bond acceptors (Lipinski definition) is 6. The third kappa shape index (κ3) is 6.55. The number of hydrogen-bond donors (Lipinski definition) is 1. The molecule has 17 heavy (non-hydrogen) atoms. The Labute approximate surface area is 102 Å². The van der Waals surface area contributed by atoms with E-state index in [0.717, 1.165) is 13.0 Å². The zero-order chi connectivity index (χ0) is 12.3. The predicted octanol–water partition coefficient (Wildman–Crippen LogP) is 2.16. The molecule has 0 aromatic carbocycles. The van der Waals surface area contributed by atoms with Crippen molar-refractivity contribution in [2.24, 2.45) is 10.3 Å². The van der Waals surface area contributed by atoms with Crippen LogP contribution in [0.5, 0.6) is 0 Å². The summed E-state index contributed by atoms with van der Waals surface area (Å²) in [6.07, 6.45) is 8.83. The van der Waals surface area contributed by atoms with Crippen LogP contribution in [0.4, 0.5) is 0 Å². The van der Waals surface area contributed by atoms with Gasteiger partial charge in [-0.25, -0.2) is 0 Å². The predicted molar refractivity (Wildman–Crippen MR) is 63.6 cm³/mol. The van der Waals surface area contributed by atoms with Crippen molar-refractivity contribution in [1.82, 2.24) is 10.5 Å². The molecule has 0 atom stereocenters. The zero-order valence-corrected chi connectivity index (χ0v) is 10.3. The smallest absolute Gasteiger partial charge is 0.305 e.